The number of thiazole rings is 1. The highest BCUT2D eigenvalue weighted by Gasteiger charge is 2.14. The summed E-state index contributed by atoms with van der Waals surface area (Å²) < 4.78 is 7.63. The Balaban J connectivity index is 1.79. The van der Waals surface area contributed by atoms with Gasteiger partial charge >= 0.3 is 5.97 Å². The Bertz CT molecular complexity index is 1340. The smallest absolute Gasteiger partial charge is 0.325 e. The highest BCUT2D eigenvalue weighted by atomic mass is 32.1. The molecule has 0 N–H and O–H groups in total. The van der Waals surface area contributed by atoms with E-state index in [-0.39, 0.29) is 24.8 Å². The maximum absolute atomic E-state index is 12.9. The maximum Gasteiger partial charge on any atom is 0.325 e. The first-order valence-electron chi connectivity index (χ1n) is 9.68. The second-order valence-corrected chi connectivity index (χ2v) is 8.31. The van der Waals surface area contributed by atoms with Crippen LogP contribution >= 0.6 is 11.3 Å². The minimum Gasteiger partial charge on any atom is -0.468 e. The van der Waals surface area contributed by atoms with E-state index >= 15 is 0 Å². The van der Waals surface area contributed by atoms with E-state index in [1.54, 1.807) is 4.57 Å². The quantitative estimate of drug-likeness (QED) is 0.464. The van der Waals surface area contributed by atoms with Crippen molar-refractivity contribution in [2.75, 3.05) is 7.11 Å². The summed E-state index contributed by atoms with van der Waals surface area (Å²) in [6, 6.07) is 18.0. The summed E-state index contributed by atoms with van der Waals surface area (Å²) in [6.45, 7) is 4.04. The van der Waals surface area contributed by atoms with Crippen LogP contribution < -0.4 is 4.80 Å². The number of fused-ring (bicyclic) bond motifs is 2. The van der Waals surface area contributed by atoms with Gasteiger partial charge < -0.3 is 9.30 Å². The van der Waals surface area contributed by atoms with Crippen molar-refractivity contribution in [1.82, 2.24) is 4.57 Å². The molecule has 0 bridgehead atoms. The van der Waals surface area contributed by atoms with E-state index in [0.717, 1.165) is 37.7 Å². The van der Waals surface area contributed by atoms with Crippen LogP contribution in [0.2, 0.25) is 0 Å². The van der Waals surface area contributed by atoms with Crippen LogP contribution in [0.1, 0.15) is 16.7 Å². The lowest BCUT2D eigenvalue weighted by molar-refractivity contribution is -0.141. The van der Waals surface area contributed by atoms with Crippen LogP contribution in [-0.2, 0) is 27.3 Å². The summed E-state index contributed by atoms with van der Waals surface area (Å²) in [5.41, 5.74) is 4.01. The summed E-state index contributed by atoms with van der Waals surface area (Å²) in [5.74, 6) is -0.622. The molecular weight excluding hydrogens is 396 g/mol. The zero-order valence-electron chi connectivity index (χ0n) is 17.1. The molecule has 0 aliphatic heterocycles. The third kappa shape index (κ3) is 3.91. The van der Waals surface area contributed by atoms with Crippen molar-refractivity contribution in [1.29, 1.82) is 0 Å². The zero-order chi connectivity index (χ0) is 21.3. The number of aromatic nitrogens is 1. The van der Waals surface area contributed by atoms with Gasteiger partial charge in [0.05, 0.1) is 23.7 Å². The van der Waals surface area contributed by atoms with Crippen LogP contribution in [0.4, 0.5) is 0 Å². The number of aryl methyl sites for hydroxylation is 2. The maximum atomic E-state index is 12.9. The Hall–Kier alpha value is -3.25. The number of nitrogens with zero attached hydrogens (tertiary/aromatic N) is 2. The zero-order valence-corrected chi connectivity index (χ0v) is 18.0. The van der Waals surface area contributed by atoms with Crippen molar-refractivity contribution in [2.45, 2.75) is 26.8 Å². The van der Waals surface area contributed by atoms with E-state index in [0.29, 0.717) is 4.80 Å². The van der Waals surface area contributed by atoms with Crippen LogP contribution in [0.3, 0.4) is 0 Å². The van der Waals surface area contributed by atoms with Gasteiger partial charge in [0.15, 0.2) is 4.80 Å². The summed E-state index contributed by atoms with van der Waals surface area (Å²) >= 11 is 1.41. The van der Waals surface area contributed by atoms with E-state index in [1.165, 1.54) is 18.4 Å². The number of hydrogen-bond donors (Lipinski definition) is 0. The van der Waals surface area contributed by atoms with Crippen LogP contribution in [0.5, 0.6) is 0 Å². The van der Waals surface area contributed by atoms with Gasteiger partial charge in [-0.15, -0.1) is 0 Å². The lowest BCUT2D eigenvalue weighted by Crippen LogP contribution is -2.23. The number of rotatable bonds is 4. The number of carbonyl (C=O) groups is 2. The summed E-state index contributed by atoms with van der Waals surface area (Å²) in [6.07, 6.45) is 0.200. The van der Waals surface area contributed by atoms with E-state index in [1.807, 2.05) is 56.3 Å². The number of amides is 1. The lowest BCUT2D eigenvalue weighted by Gasteiger charge is -2.07. The molecular formula is C24H22N2O3S. The third-order valence-electron chi connectivity index (χ3n) is 5.07. The van der Waals surface area contributed by atoms with Gasteiger partial charge in [-0.3, -0.25) is 9.59 Å². The summed E-state index contributed by atoms with van der Waals surface area (Å²) in [5, 5.41) is 2.14. The molecule has 152 valence electrons. The van der Waals surface area contributed by atoms with Gasteiger partial charge in [-0.25, -0.2) is 0 Å². The number of methoxy groups -OCH3 is 1. The normalized spacial score (nSPS) is 11.9. The molecule has 1 heterocycles. The molecule has 30 heavy (non-hydrogen) atoms. The molecule has 0 aliphatic rings. The fourth-order valence-electron chi connectivity index (χ4n) is 3.77. The molecule has 0 saturated heterocycles. The molecule has 0 spiro atoms. The van der Waals surface area contributed by atoms with E-state index < -0.39 is 0 Å². The van der Waals surface area contributed by atoms with Crippen molar-refractivity contribution in [3.05, 3.63) is 76.1 Å². The number of benzene rings is 3. The predicted molar refractivity (Wildman–Crippen MR) is 120 cm³/mol. The molecule has 5 nitrogen and oxygen atoms in total. The van der Waals surface area contributed by atoms with E-state index in [2.05, 4.69) is 17.1 Å². The molecule has 4 rings (SSSR count). The Morgan fingerprint density at radius 1 is 1.07 bits per heavy atom. The van der Waals surface area contributed by atoms with Crippen molar-refractivity contribution in [3.8, 4) is 0 Å². The van der Waals surface area contributed by atoms with Crippen molar-refractivity contribution in [2.24, 2.45) is 4.99 Å². The van der Waals surface area contributed by atoms with Crippen LogP contribution in [0.25, 0.3) is 21.0 Å². The molecule has 0 saturated carbocycles. The molecule has 0 radical (unpaired) electrons. The van der Waals surface area contributed by atoms with Crippen LogP contribution in [-0.4, -0.2) is 23.6 Å². The predicted octanol–water partition coefficient (Wildman–Crippen LogP) is 4.32. The van der Waals surface area contributed by atoms with Gasteiger partial charge in [-0.05, 0) is 47.4 Å². The average molecular weight is 419 g/mol. The first-order chi connectivity index (χ1) is 14.5. The SMILES string of the molecule is COC(=O)Cn1c(=NC(=O)Cc2cccc3ccccc23)sc2cc(C)cc(C)c21. The molecule has 0 aliphatic carbocycles. The Morgan fingerprint density at radius 3 is 2.63 bits per heavy atom. The Labute approximate surface area is 178 Å². The fourth-order valence-corrected chi connectivity index (χ4v) is 5.00. The minimum absolute atomic E-state index is 0.0147. The van der Waals surface area contributed by atoms with E-state index in [4.69, 9.17) is 4.74 Å². The van der Waals surface area contributed by atoms with Gasteiger partial charge in [0.1, 0.15) is 6.54 Å². The molecule has 0 unspecified atom stereocenters. The largest absolute Gasteiger partial charge is 0.468 e. The topological polar surface area (TPSA) is 60.7 Å². The molecule has 0 fully saturated rings. The van der Waals surface area contributed by atoms with Gasteiger partial charge in [0.25, 0.3) is 5.91 Å². The highest BCUT2D eigenvalue weighted by Crippen LogP contribution is 2.24. The monoisotopic (exact) mass is 418 g/mol. The molecule has 1 aromatic heterocycles. The Morgan fingerprint density at radius 2 is 1.83 bits per heavy atom. The first-order valence-corrected chi connectivity index (χ1v) is 10.5. The van der Waals surface area contributed by atoms with Crippen LogP contribution in [0, 0.1) is 13.8 Å². The molecule has 3 aromatic carbocycles. The van der Waals surface area contributed by atoms with Crippen molar-refractivity contribution < 1.29 is 14.3 Å². The van der Waals surface area contributed by atoms with Gasteiger partial charge in [-0.1, -0.05) is 59.9 Å². The molecule has 6 heteroatoms. The summed E-state index contributed by atoms with van der Waals surface area (Å²) in [7, 11) is 1.36. The van der Waals surface area contributed by atoms with Gasteiger partial charge in [-0.2, -0.15) is 4.99 Å². The number of esters is 1. The Kier molecular flexibility index (Phi) is 5.50. The number of hydrogen-bond acceptors (Lipinski definition) is 4. The second-order valence-electron chi connectivity index (χ2n) is 7.30. The first kappa shape index (κ1) is 20.0. The standard InChI is InChI=1S/C24H22N2O3S/c1-15-11-16(2)23-20(12-15)30-24(26(23)14-22(28)29-3)25-21(27)13-18-9-6-8-17-7-4-5-10-19(17)18/h4-12H,13-14H2,1-3H3. The van der Waals surface area contributed by atoms with Crippen LogP contribution in [0.15, 0.2) is 59.6 Å². The highest BCUT2D eigenvalue weighted by molar-refractivity contribution is 7.16. The second kappa shape index (κ2) is 8.24. The van der Waals surface area contributed by atoms with E-state index in [9.17, 15) is 9.59 Å². The van der Waals surface area contributed by atoms with Gasteiger partial charge in [0, 0.05) is 0 Å². The third-order valence-corrected chi connectivity index (χ3v) is 6.09. The molecule has 0 atom stereocenters. The molecule has 4 aromatic rings. The average Bonchev–Trinajstić information content (AvgIpc) is 3.04. The number of carbonyl (C=O) groups excluding carboxylic acids is 2. The van der Waals surface area contributed by atoms with Gasteiger partial charge in [0.2, 0.25) is 0 Å². The minimum atomic E-state index is -0.377. The lowest BCUT2D eigenvalue weighted by atomic mass is 10.0. The number of ether oxygens (including phenoxy) is 1. The fraction of sp³-hybridized carbons (Fsp3) is 0.208. The van der Waals surface area contributed by atoms with Crippen molar-refractivity contribution >= 4 is 44.2 Å². The van der Waals surface area contributed by atoms with Crippen molar-refractivity contribution in [3.63, 3.8) is 0 Å². The molecule has 1 amide bonds. The summed E-state index contributed by atoms with van der Waals surface area (Å²) in [4.78, 5) is 29.8.